The molecular formula is C20H24FN3O2. The lowest BCUT2D eigenvalue weighted by Gasteiger charge is -2.35. The Labute approximate surface area is 153 Å². The van der Waals surface area contributed by atoms with Gasteiger partial charge in [-0.3, -0.25) is 9.59 Å². The molecule has 3 rings (SSSR count). The zero-order valence-electron chi connectivity index (χ0n) is 15.0. The molecule has 0 unspecified atom stereocenters. The van der Waals surface area contributed by atoms with Crippen LogP contribution < -0.4 is 0 Å². The molecule has 138 valence electrons. The number of piperazine rings is 1. The molecule has 1 aromatic carbocycles. The van der Waals surface area contributed by atoms with Crippen molar-refractivity contribution in [3.05, 3.63) is 59.7 Å². The Bertz CT molecular complexity index is 779. The molecular weight excluding hydrogens is 333 g/mol. The van der Waals surface area contributed by atoms with E-state index in [0.717, 1.165) is 5.56 Å². The van der Waals surface area contributed by atoms with Crippen molar-refractivity contribution in [2.45, 2.75) is 19.3 Å². The second kappa shape index (κ2) is 8.17. The number of aryl methyl sites for hydroxylation is 2. The fourth-order valence-electron chi connectivity index (χ4n) is 3.26. The van der Waals surface area contributed by atoms with Gasteiger partial charge in [0, 0.05) is 52.0 Å². The largest absolute Gasteiger partial charge is 0.357 e. The van der Waals surface area contributed by atoms with E-state index in [2.05, 4.69) is 0 Å². The number of carbonyl (C=O) groups excluding carboxylic acids is 2. The number of rotatable bonds is 5. The minimum absolute atomic E-state index is 0.0170. The molecule has 1 fully saturated rings. The Morgan fingerprint density at radius 2 is 1.65 bits per heavy atom. The number of amides is 2. The lowest BCUT2D eigenvalue weighted by molar-refractivity contribution is -0.139. The molecule has 0 saturated carbocycles. The lowest BCUT2D eigenvalue weighted by atomic mass is 10.1. The predicted molar refractivity (Wildman–Crippen MR) is 97.0 cm³/mol. The summed E-state index contributed by atoms with van der Waals surface area (Å²) in [6, 6.07) is 8.49. The number of nitrogens with zero attached hydrogens (tertiary/aromatic N) is 3. The predicted octanol–water partition coefficient (Wildman–Crippen LogP) is 2.01. The standard InChI is InChI=1S/C20H24FN3O2/c1-22-9-8-16(15-22)14-20(26)24-12-10-23(11-13-24)19(25)7-6-17-4-2-3-5-18(17)21/h2-5,8-9,15H,6-7,10-14H2,1H3. The summed E-state index contributed by atoms with van der Waals surface area (Å²) < 4.78 is 15.6. The molecule has 0 bridgehead atoms. The van der Waals surface area contributed by atoms with Crippen molar-refractivity contribution < 1.29 is 14.0 Å². The molecule has 26 heavy (non-hydrogen) atoms. The van der Waals surface area contributed by atoms with E-state index in [9.17, 15) is 14.0 Å². The van der Waals surface area contributed by atoms with Gasteiger partial charge in [0.1, 0.15) is 5.82 Å². The van der Waals surface area contributed by atoms with Gasteiger partial charge in [-0.05, 0) is 29.7 Å². The van der Waals surface area contributed by atoms with Crippen LogP contribution in [0.1, 0.15) is 17.5 Å². The number of aromatic nitrogens is 1. The van der Waals surface area contributed by atoms with E-state index in [1.165, 1.54) is 6.07 Å². The Hall–Kier alpha value is -2.63. The summed E-state index contributed by atoms with van der Waals surface area (Å²) in [6.07, 6.45) is 4.95. The summed E-state index contributed by atoms with van der Waals surface area (Å²) in [7, 11) is 1.93. The van der Waals surface area contributed by atoms with Crippen molar-refractivity contribution in [3.63, 3.8) is 0 Å². The quantitative estimate of drug-likeness (QED) is 0.822. The van der Waals surface area contributed by atoms with Crippen molar-refractivity contribution in [2.75, 3.05) is 26.2 Å². The first-order valence-corrected chi connectivity index (χ1v) is 8.93. The highest BCUT2D eigenvalue weighted by Crippen LogP contribution is 2.12. The third-order valence-corrected chi connectivity index (χ3v) is 4.80. The highest BCUT2D eigenvalue weighted by atomic mass is 19.1. The van der Waals surface area contributed by atoms with Gasteiger partial charge in [0.15, 0.2) is 0 Å². The summed E-state index contributed by atoms with van der Waals surface area (Å²) >= 11 is 0. The molecule has 1 aromatic heterocycles. The van der Waals surface area contributed by atoms with Gasteiger partial charge in [-0.2, -0.15) is 0 Å². The van der Waals surface area contributed by atoms with E-state index in [0.29, 0.717) is 51.0 Å². The second-order valence-corrected chi connectivity index (χ2v) is 6.71. The average Bonchev–Trinajstić information content (AvgIpc) is 3.05. The van der Waals surface area contributed by atoms with Gasteiger partial charge in [0.2, 0.25) is 11.8 Å². The van der Waals surface area contributed by atoms with Crippen LogP contribution in [-0.2, 0) is 29.5 Å². The van der Waals surface area contributed by atoms with Crippen molar-refractivity contribution in [3.8, 4) is 0 Å². The minimum Gasteiger partial charge on any atom is -0.357 e. The van der Waals surface area contributed by atoms with Gasteiger partial charge in [-0.15, -0.1) is 0 Å². The van der Waals surface area contributed by atoms with Crippen molar-refractivity contribution in [1.82, 2.24) is 14.4 Å². The van der Waals surface area contributed by atoms with Crippen LogP contribution in [0.3, 0.4) is 0 Å². The highest BCUT2D eigenvalue weighted by Gasteiger charge is 2.24. The molecule has 5 nitrogen and oxygen atoms in total. The van der Waals surface area contributed by atoms with Crippen LogP contribution in [0.2, 0.25) is 0 Å². The molecule has 0 N–H and O–H groups in total. The van der Waals surface area contributed by atoms with Crippen molar-refractivity contribution in [1.29, 1.82) is 0 Å². The Balaban J connectivity index is 1.44. The van der Waals surface area contributed by atoms with Gasteiger partial charge in [-0.25, -0.2) is 4.39 Å². The molecule has 0 radical (unpaired) electrons. The third-order valence-electron chi connectivity index (χ3n) is 4.80. The Morgan fingerprint density at radius 3 is 2.27 bits per heavy atom. The van der Waals surface area contributed by atoms with Crippen LogP contribution in [0.15, 0.2) is 42.7 Å². The zero-order valence-corrected chi connectivity index (χ0v) is 15.0. The first kappa shape index (κ1) is 18.2. The van der Waals surface area contributed by atoms with E-state index in [4.69, 9.17) is 0 Å². The first-order valence-electron chi connectivity index (χ1n) is 8.93. The van der Waals surface area contributed by atoms with Crippen molar-refractivity contribution >= 4 is 11.8 Å². The third kappa shape index (κ3) is 4.50. The van der Waals surface area contributed by atoms with Crippen LogP contribution in [0.5, 0.6) is 0 Å². The van der Waals surface area contributed by atoms with Crippen LogP contribution in [0, 0.1) is 5.82 Å². The zero-order chi connectivity index (χ0) is 18.5. The van der Waals surface area contributed by atoms with E-state index >= 15 is 0 Å². The average molecular weight is 357 g/mol. The summed E-state index contributed by atoms with van der Waals surface area (Å²) in [5.74, 6) is -0.158. The smallest absolute Gasteiger partial charge is 0.227 e. The number of halogens is 1. The van der Waals surface area contributed by atoms with Gasteiger partial charge >= 0.3 is 0 Å². The fraction of sp³-hybridized carbons (Fsp3) is 0.400. The topological polar surface area (TPSA) is 45.6 Å². The van der Waals surface area contributed by atoms with Crippen molar-refractivity contribution in [2.24, 2.45) is 7.05 Å². The highest BCUT2D eigenvalue weighted by molar-refractivity contribution is 5.80. The molecule has 1 aliphatic heterocycles. The molecule has 1 aliphatic rings. The first-order chi connectivity index (χ1) is 12.5. The number of carbonyl (C=O) groups is 2. The number of hydrogen-bond donors (Lipinski definition) is 0. The molecule has 0 spiro atoms. The maximum Gasteiger partial charge on any atom is 0.227 e. The normalized spacial score (nSPS) is 14.5. The van der Waals surface area contributed by atoms with E-state index in [1.807, 2.05) is 35.0 Å². The van der Waals surface area contributed by atoms with Crippen LogP contribution in [-0.4, -0.2) is 52.4 Å². The maximum absolute atomic E-state index is 13.6. The van der Waals surface area contributed by atoms with E-state index in [-0.39, 0.29) is 17.6 Å². The molecule has 2 amide bonds. The van der Waals surface area contributed by atoms with Crippen LogP contribution in [0.4, 0.5) is 4.39 Å². The Kier molecular flexibility index (Phi) is 5.71. The summed E-state index contributed by atoms with van der Waals surface area (Å²) in [5.41, 5.74) is 1.57. The van der Waals surface area contributed by atoms with Gasteiger partial charge in [0.05, 0.1) is 6.42 Å². The van der Waals surface area contributed by atoms with Gasteiger partial charge < -0.3 is 14.4 Å². The Morgan fingerprint density at radius 1 is 1.00 bits per heavy atom. The second-order valence-electron chi connectivity index (χ2n) is 6.71. The van der Waals surface area contributed by atoms with Crippen LogP contribution in [0.25, 0.3) is 0 Å². The monoisotopic (exact) mass is 357 g/mol. The maximum atomic E-state index is 13.6. The number of benzene rings is 1. The molecule has 2 heterocycles. The van der Waals surface area contributed by atoms with Crippen LogP contribution >= 0.6 is 0 Å². The SMILES string of the molecule is Cn1ccc(CC(=O)N2CCN(C(=O)CCc3ccccc3F)CC2)c1. The molecule has 6 heteroatoms. The molecule has 1 saturated heterocycles. The number of hydrogen-bond acceptors (Lipinski definition) is 2. The molecule has 0 atom stereocenters. The van der Waals surface area contributed by atoms with E-state index < -0.39 is 0 Å². The summed E-state index contributed by atoms with van der Waals surface area (Å²) in [4.78, 5) is 28.3. The van der Waals surface area contributed by atoms with Gasteiger partial charge in [0.25, 0.3) is 0 Å². The van der Waals surface area contributed by atoms with Gasteiger partial charge in [-0.1, -0.05) is 18.2 Å². The molecule has 2 aromatic rings. The minimum atomic E-state index is -0.267. The molecule has 0 aliphatic carbocycles. The summed E-state index contributed by atoms with van der Waals surface area (Å²) in [6.45, 7) is 2.18. The fourth-order valence-corrected chi connectivity index (χ4v) is 3.26. The lowest BCUT2D eigenvalue weighted by Crippen LogP contribution is -2.51. The summed E-state index contributed by atoms with van der Waals surface area (Å²) in [5, 5.41) is 0. The van der Waals surface area contributed by atoms with E-state index in [1.54, 1.807) is 23.1 Å².